The molecule has 1 N–H and O–H groups in total. The van der Waals surface area contributed by atoms with Crippen LogP contribution in [0.4, 0.5) is 0 Å². The quantitative estimate of drug-likeness (QED) is 0.519. The first-order valence-electron chi connectivity index (χ1n) is 9.92. The number of fused-ring (bicyclic) bond motifs is 1. The fraction of sp³-hybridized carbons (Fsp3) is 0.240. The molecule has 0 fully saturated rings. The topological polar surface area (TPSA) is 29.1 Å². The number of carbonyl (C=O) groups is 1. The monoisotopic (exact) mass is 423 g/mol. The molecule has 0 saturated heterocycles. The Morgan fingerprint density at radius 2 is 1.66 bits per heavy atom. The molecule has 1 aliphatic carbocycles. The fourth-order valence-electron chi connectivity index (χ4n) is 4.38. The van der Waals surface area contributed by atoms with Gasteiger partial charge in [-0.25, -0.2) is 0 Å². The number of carbonyl (C=O) groups excluding carboxylic acids is 1. The summed E-state index contributed by atoms with van der Waals surface area (Å²) in [5, 5.41) is 4.51. The molecule has 0 aromatic heterocycles. The van der Waals surface area contributed by atoms with Crippen LogP contribution in [-0.4, -0.2) is 12.5 Å². The highest BCUT2D eigenvalue weighted by atomic mass is 35.5. The maximum Gasteiger partial charge on any atom is 0.221 e. The van der Waals surface area contributed by atoms with E-state index in [-0.39, 0.29) is 11.3 Å². The summed E-state index contributed by atoms with van der Waals surface area (Å²) in [4.78, 5) is 13.0. The molecular formula is C25H23Cl2NO. The lowest BCUT2D eigenvalue weighted by atomic mass is 9.72. The third kappa shape index (κ3) is 4.34. The highest BCUT2D eigenvalue weighted by Crippen LogP contribution is 2.47. The number of hydrogen-bond donors (Lipinski definition) is 1. The second kappa shape index (κ2) is 8.61. The molecule has 0 heterocycles. The third-order valence-corrected chi connectivity index (χ3v) is 6.33. The van der Waals surface area contributed by atoms with Crippen LogP contribution in [0.5, 0.6) is 0 Å². The average Bonchev–Trinajstić information content (AvgIpc) is 3.08. The van der Waals surface area contributed by atoms with Crippen LogP contribution in [0.3, 0.4) is 0 Å². The first kappa shape index (κ1) is 20.0. The van der Waals surface area contributed by atoms with E-state index in [4.69, 9.17) is 23.2 Å². The number of halogens is 2. The molecule has 1 amide bonds. The van der Waals surface area contributed by atoms with Gasteiger partial charge >= 0.3 is 0 Å². The van der Waals surface area contributed by atoms with Crippen molar-refractivity contribution >= 4 is 29.1 Å². The van der Waals surface area contributed by atoms with Crippen LogP contribution >= 0.6 is 23.2 Å². The number of benzene rings is 3. The lowest BCUT2D eigenvalue weighted by molar-refractivity contribution is -0.122. The second-order valence-electron chi connectivity index (χ2n) is 7.65. The van der Waals surface area contributed by atoms with Crippen LogP contribution in [0.1, 0.15) is 35.1 Å². The molecule has 4 rings (SSSR count). The Kier molecular flexibility index (Phi) is 5.94. The molecule has 1 atom stereocenters. The minimum Gasteiger partial charge on any atom is -0.356 e. The van der Waals surface area contributed by atoms with Crippen molar-refractivity contribution in [3.63, 3.8) is 0 Å². The van der Waals surface area contributed by atoms with Crippen molar-refractivity contribution in [2.45, 2.75) is 31.1 Å². The van der Waals surface area contributed by atoms with E-state index in [2.05, 4.69) is 23.5 Å². The van der Waals surface area contributed by atoms with E-state index in [0.717, 1.165) is 30.4 Å². The Morgan fingerprint density at radius 3 is 2.41 bits per heavy atom. The molecule has 3 aromatic rings. The molecule has 2 nitrogen and oxygen atoms in total. The first-order valence-corrected chi connectivity index (χ1v) is 10.7. The maximum atomic E-state index is 13.0. The molecule has 0 unspecified atom stereocenters. The van der Waals surface area contributed by atoms with Crippen LogP contribution < -0.4 is 5.32 Å². The summed E-state index contributed by atoms with van der Waals surface area (Å²) >= 11 is 12.5. The molecule has 0 radical (unpaired) electrons. The van der Waals surface area contributed by atoms with Crippen molar-refractivity contribution in [1.82, 2.24) is 5.32 Å². The van der Waals surface area contributed by atoms with Gasteiger partial charge in [-0.15, -0.1) is 0 Å². The Bertz CT molecular complexity index is 1000. The zero-order chi connectivity index (χ0) is 20.3. The van der Waals surface area contributed by atoms with Gasteiger partial charge in [0.1, 0.15) is 0 Å². The van der Waals surface area contributed by atoms with Gasteiger partial charge in [-0.2, -0.15) is 0 Å². The number of nitrogens with one attached hydrogen (secondary N) is 1. The fourth-order valence-corrected chi connectivity index (χ4v) is 4.67. The van der Waals surface area contributed by atoms with Gasteiger partial charge < -0.3 is 5.32 Å². The summed E-state index contributed by atoms with van der Waals surface area (Å²) < 4.78 is 0. The Labute approximate surface area is 181 Å². The first-order chi connectivity index (χ1) is 14.1. The summed E-state index contributed by atoms with van der Waals surface area (Å²) in [5.74, 6) is 0.0590. The lowest BCUT2D eigenvalue weighted by Gasteiger charge is -2.31. The van der Waals surface area contributed by atoms with E-state index in [1.165, 1.54) is 11.1 Å². The Hall–Kier alpha value is -2.29. The Balaban J connectivity index is 1.57. The van der Waals surface area contributed by atoms with E-state index in [0.29, 0.717) is 23.0 Å². The molecule has 148 valence electrons. The van der Waals surface area contributed by atoms with E-state index < -0.39 is 0 Å². The number of hydrogen-bond acceptors (Lipinski definition) is 1. The molecule has 29 heavy (non-hydrogen) atoms. The van der Waals surface area contributed by atoms with Gasteiger partial charge in [-0.05, 0) is 65.8 Å². The van der Waals surface area contributed by atoms with E-state index in [9.17, 15) is 4.79 Å². The van der Waals surface area contributed by atoms with Gasteiger partial charge in [0.05, 0.1) is 0 Å². The third-order valence-electron chi connectivity index (χ3n) is 5.85. The number of aryl methyl sites for hydroxylation is 1. The molecule has 0 bridgehead atoms. The smallest absolute Gasteiger partial charge is 0.221 e. The molecule has 0 saturated carbocycles. The standard InChI is InChI=1S/C25H23Cl2NO/c26-21-10-7-20(8-11-21)25(14-12-19-6-9-22(27)16-23(19)25)17-24(29)28-15-13-18-4-2-1-3-5-18/h1-11,16H,12-15,17H2,(H,28,29)/t25-/m1/s1. The van der Waals surface area contributed by atoms with Crippen LogP contribution in [0, 0.1) is 0 Å². The van der Waals surface area contributed by atoms with Gasteiger partial charge in [0.15, 0.2) is 0 Å². The minimum atomic E-state index is -0.373. The van der Waals surface area contributed by atoms with Gasteiger partial charge in [0, 0.05) is 28.4 Å². The average molecular weight is 424 g/mol. The molecule has 1 aliphatic rings. The zero-order valence-electron chi connectivity index (χ0n) is 16.1. The summed E-state index contributed by atoms with van der Waals surface area (Å²) in [6.07, 6.45) is 3.04. The van der Waals surface area contributed by atoms with Crippen LogP contribution in [-0.2, 0) is 23.1 Å². The van der Waals surface area contributed by atoms with Crippen molar-refractivity contribution in [3.05, 3.63) is 105 Å². The van der Waals surface area contributed by atoms with Crippen molar-refractivity contribution in [2.75, 3.05) is 6.54 Å². The van der Waals surface area contributed by atoms with Gasteiger partial charge in [0.2, 0.25) is 5.91 Å². The van der Waals surface area contributed by atoms with Gasteiger partial charge in [0.25, 0.3) is 0 Å². The largest absolute Gasteiger partial charge is 0.356 e. The number of rotatable bonds is 6. The summed E-state index contributed by atoms with van der Waals surface area (Å²) in [6.45, 7) is 0.627. The predicted molar refractivity (Wildman–Crippen MR) is 120 cm³/mol. The van der Waals surface area contributed by atoms with Gasteiger partial charge in [-0.1, -0.05) is 71.7 Å². The number of amides is 1. The molecule has 0 aliphatic heterocycles. The van der Waals surface area contributed by atoms with Gasteiger partial charge in [-0.3, -0.25) is 4.79 Å². The minimum absolute atomic E-state index is 0.0590. The molecule has 3 aromatic carbocycles. The highest BCUT2D eigenvalue weighted by Gasteiger charge is 2.42. The second-order valence-corrected chi connectivity index (χ2v) is 8.53. The van der Waals surface area contributed by atoms with E-state index in [1.807, 2.05) is 54.6 Å². The van der Waals surface area contributed by atoms with E-state index in [1.54, 1.807) is 0 Å². The SMILES string of the molecule is O=C(C[C@@]1(c2ccc(Cl)cc2)CCc2ccc(Cl)cc21)NCCc1ccccc1. The van der Waals surface area contributed by atoms with Crippen molar-refractivity contribution in [2.24, 2.45) is 0 Å². The summed E-state index contributed by atoms with van der Waals surface area (Å²) in [7, 11) is 0. The van der Waals surface area contributed by atoms with E-state index >= 15 is 0 Å². The van der Waals surface area contributed by atoms with Crippen LogP contribution in [0.2, 0.25) is 10.0 Å². The molecule has 0 spiro atoms. The summed E-state index contributed by atoms with van der Waals surface area (Å²) in [5.41, 5.74) is 4.38. The normalized spacial score (nSPS) is 17.7. The Morgan fingerprint density at radius 1 is 0.931 bits per heavy atom. The maximum absolute atomic E-state index is 13.0. The van der Waals surface area contributed by atoms with Crippen LogP contribution in [0.15, 0.2) is 72.8 Å². The van der Waals surface area contributed by atoms with Crippen molar-refractivity contribution in [1.29, 1.82) is 0 Å². The van der Waals surface area contributed by atoms with Crippen molar-refractivity contribution in [3.8, 4) is 0 Å². The predicted octanol–water partition coefficient (Wildman–Crippen LogP) is 5.97. The molecule has 4 heteroatoms. The highest BCUT2D eigenvalue weighted by molar-refractivity contribution is 6.31. The van der Waals surface area contributed by atoms with Crippen molar-refractivity contribution < 1.29 is 4.79 Å². The zero-order valence-corrected chi connectivity index (χ0v) is 17.6. The molecular weight excluding hydrogens is 401 g/mol. The summed E-state index contributed by atoms with van der Waals surface area (Å²) in [6, 6.07) is 24.1. The van der Waals surface area contributed by atoms with Crippen LogP contribution in [0.25, 0.3) is 0 Å². The lowest BCUT2D eigenvalue weighted by Crippen LogP contribution is -2.35.